The Morgan fingerprint density at radius 1 is 1.33 bits per heavy atom. The number of carbonyl (C=O) groups excluding carboxylic acids is 2. The molecule has 0 spiro atoms. The van der Waals surface area contributed by atoms with E-state index < -0.39 is 0 Å². The van der Waals surface area contributed by atoms with Crippen LogP contribution in [0.3, 0.4) is 0 Å². The van der Waals surface area contributed by atoms with Crippen molar-refractivity contribution in [1.29, 1.82) is 5.26 Å². The summed E-state index contributed by atoms with van der Waals surface area (Å²) >= 11 is 0. The quantitative estimate of drug-likeness (QED) is 0.697. The molecule has 0 aromatic heterocycles. The maximum Gasteiger partial charge on any atom is 0.302 e. The first-order valence-electron chi connectivity index (χ1n) is 7.75. The maximum absolute atomic E-state index is 11.6. The minimum Gasteiger partial charge on any atom is -0.495 e. The average Bonchev–Trinajstić information content (AvgIpc) is 2.57. The molecule has 1 aromatic rings. The van der Waals surface area contributed by atoms with Crippen molar-refractivity contribution in [3.8, 4) is 11.8 Å². The molecule has 0 radical (unpaired) electrons. The summed E-state index contributed by atoms with van der Waals surface area (Å²) in [5.41, 5.74) is 1.38. The Morgan fingerprint density at radius 3 is 2.67 bits per heavy atom. The minimum atomic E-state index is -0.355. The van der Waals surface area contributed by atoms with Crippen LogP contribution in [-0.4, -0.2) is 38.7 Å². The Labute approximate surface area is 142 Å². The van der Waals surface area contributed by atoms with Gasteiger partial charge in [-0.15, -0.1) is 0 Å². The van der Waals surface area contributed by atoms with Crippen molar-refractivity contribution in [2.24, 2.45) is 0 Å². The molecule has 7 heteroatoms. The summed E-state index contributed by atoms with van der Waals surface area (Å²) in [7, 11) is 1.55. The fraction of sp³-hybridized carbons (Fsp3) is 0.471. The van der Waals surface area contributed by atoms with Gasteiger partial charge in [-0.25, -0.2) is 0 Å². The molecule has 1 N–H and O–H groups in total. The van der Waals surface area contributed by atoms with Crippen molar-refractivity contribution in [3.63, 3.8) is 0 Å². The number of nitriles is 1. The molecular formula is C17H23N3O4. The normalized spacial score (nSPS) is 9.75. The van der Waals surface area contributed by atoms with Crippen LogP contribution < -0.4 is 15.0 Å². The maximum atomic E-state index is 11.6. The number of nitrogens with zero attached hydrogens (tertiary/aromatic N) is 2. The average molecular weight is 333 g/mol. The minimum absolute atomic E-state index is 0.0883. The van der Waals surface area contributed by atoms with Gasteiger partial charge in [0.1, 0.15) is 12.4 Å². The standard InChI is InChI=1S/C17H23N3O4/c1-4-17(22)19-14-6-7-16(23-3)15(12-14)20(9-5-8-18)10-11-24-13(2)21/h6-7,12H,4-5,9-11H2,1-3H3,(H,19,22). The molecule has 1 amide bonds. The zero-order chi connectivity index (χ0) is 17.9. The first-order chi connectivity index (χ1) is 11.5. The molecule has 0 saturated carbocycles. The molecule has 0 unspecified atom stereocenters. The van der Waals surface area contributed by atoms with E-state index in [2.05, 4.69) is 11.4 Å². The summed E-state index contributed by atoms with van der Waals surface area (Å²) in [5.74, 6) is 0.172. The summed E-state index contributed by atoms with van der Waals surface area (Å²) in [6.45, 7) is 4.21. The SMILES string of the molecule is CCC(=O)Nc1ccc(OC)c(N(CCC#N)CCOC(C)=O)c1. The first kappa shape index (κ1) is 19.3. The van der Waals surface area contributed by atoms with Gasteiger partial charge in [-0.2, -0.15) is 5.26 Å². The van der Waals surface area contributed by atoms with E-state index in [1.165, 1.54) is 6.92 Å². The number of hydrogen-bond donors (Lipinski definition) is 1. The number of nitrogens with one attached hydrogen (secondary N) is 1. The Morgan fingerprint density at radius 2 is 2.08 bits per heavy atom. The van der Waals surface area contributed by atoms with Gasteiger partial charge in [-0.3, -0.25) is 9.59 Å². The van der Waals surface area contributed by atoms with Crippen molar-refractivity contribution in [1.82, 2.24) is 0 Å². The van der Waals surface area contributed by atoms with Gasteiger partial charge >= 0.3 is 5.97 Å². The van der Waals surface area contributed by atoms with Gasteiger partial charge in [0, 0.05) is 25.6 Å². The summed E-state index contributed by atoms with van der Waals surface area (Å²) in [6.07, 6.45) is 0.695. The summed E-state index contributed by atoms with van der Waals surface area (Å²) in [6, 6.07) is 7.40. The Kier molecular flexibility index (Phi) is 8.13. The van der Waals surface area contributed by atoms with Crippen molar-refractivity contribution in [2.45, 2.75) is 26.7 Å². The molecule has 0 atom stereocenters. The molecule has 0 fully saturated rings. The van der Waals surface area contributed by atoms with E-state index in [0.29, 0.717) is 37.4 Å². The van der Waals surface area contributed by atoms with Gasteiger partial charge in [0.2, 0.25) is 5.91 Å². The van der Waals surface area contributed by atoms with E-state index in [0.717, 1.165) is 5.69 Å². The molecular weight excluding hydrogens is 310 g/mol. The van der Waals surface area contributed by atoms with Crippen LogP contribution in [0.1, 0.15) is 26.7 Å². The van der Waals surface area contributed by atoms with Gasteiger partial charge in [0.25, 0.3) is 0 Å². The molecule has 0 saturated heterocycles. The van der Waals surface area contributed by atoms with Crippen LogP contribution in [0.15, 0.2) is 18.2 Å². The van der Waals surface area contributed by atoms with Crippen molar-refractivity contribution >= 4 is 23.3 Å². The van der Waals surface area contributed by atoms with Crippen LogP contribution in [0, 0.1) is 11.3 Å². The van der Waals surface area contributed by atoms with E-state index in [4.69, 9.17) is 14.7 Å². The van der Waals surface area contributed by atoms with Gasteiger partial charge < -0.3 is 19.7 Å². The van der Waals surface area contributed by atoms with Gasteiger partial charge in [0.05, 0.1) is 31.8 Å². The van der Waals surface area contributed by atoms with Crippen LogP contribution in [0.4, 0.5) is 11.4 Å². The highest BCUT2D eigenvalue weighted by atomic mass is 16.5. The highest BCUT2D eigenvalue weighted by Crippen LogP contribution is 2.31. The number of benzene rings is 1. The number of amides is 1. The number of rotatable bonds is 9. The third kappa shape index (κ3) is 6.16. The molecule has 130 valence electrons. The fourth-order valence-corrected chi connectivity index (χ4v) is 2.10. The molecule has 24 heavy (non-hydrogen) atoms. The Bertz CT molecular complexity index is 610. The van der Waals surface area contributed by atoms with Crippen molar-refractivity contribution in [2.75, 3.05) is 37.0 Å². The van der Waals surface area contributed by atoms with Gasteiger partial charge in [0.15, 0.2) is 0 Å². The largest absolute Gasteiger partial charge is 0.495 e. The molecule has 0 aliphatic heterocycles. The Balaban J connectivity index is 3.02. The second-order valence-electron chi connectivity index (χ2n) is 5.02. The highest BCUT2D eigenvalue weighted by molar-refractivity contribution is 5.91. The van der Waals surface area contributed by atoms with E-state index in [1.54, 1.807) is 32.2 Å². The molecule has 0 aliphatic carbocycles. The molecule has 0 aliphatic rings. The lowest BCUT2D eigenvalue weighted by molar-refractivity contribution is -0.140. The fourth-order valence-electron chi connectivity index (χ4n) is 2.10. The number of esters is 1. The van der Waals surface area contributed by atoms with Gasteiger partial charge in [-0.05, 0) is 18.2 Å². The smallest absolute Gasteiger partial charge is 0.302 e. The zero-order valence-corrected chi connectivity index (χ0v) is 14.3. The van der Waals surface area contributed by atoms with Crippen LogP contribution in [0.2, 0.25) is 0 Å². The number of hydrogen-bond acceptors (Lipinski definition) is 6. The number of methoxy groups -OCH3 is 1. The third-order valence-electron chi connectivity index (χ3n) is 3.28. The molecule has 7 nitrogen and oxygen atoms in total. The Hall–Kier alpha value is -2.75. The monoisotopic (exact) mass is 333 g/mol. The number of ether oxygens (including phenoxy) is 2. The topological polar surface area (TPSA) is 91.7 Å². The van der Waals surface area contributed by atoms with E-state index in [9.17, 15) is 9.59 Å². The molecule has 0 heterocycles. The van der Waals surface area contributed by atoms with Crippen LogP contribution in [0.25, 0.3) is 0 Å². The van der Waals surface area contributed by atoms with Crippen molar-refractivity contribution in [3.05, 3.63) is 18.2 Å². The van der Waals surface area contributed by atoms with Crippen LogP contribution in [0.5, 0.6) is 5.75 Å². The second-order valence-corrected chi connectivity index (χ2v) is 5.02. The second kappa shape index (κ2) is 10.1. The summed E-state index contributed by atoms with van der Waals surface area (Å²) in [5, 5.41) is 11.7. The van der Waals surface area contributed by atoms with E-state index in [1.807, 2.05) is 4.90 Å². The highest BCUT2D eigenvalue weighted by Gasteiger charge is 2.14. The predicted molar refractivity (Wildman–Crippen MR) is 91.0 cm³/mol. The molecule has 1 aromatic carbocycles. The first-order valence-corrected chi connectivity index (χ1v) is 7.75. The lowest BCUT2D eigenvalue weighted by Crippen LogP contribution is -2.29. The van der Waals surface area contributed by atoms with E-state index in [-0.39, 0.29) is 18.5 Å². The molecule has 0 bridgehead atoms. The van der Waals surface area contributed by atoms with Crippen LogP contribution in [-0.2, 0) is 14.3 Å². The van der Waals surface area contributed by atoms with E-state index >= 15 is 0 Å². The lowest BCUT2D eigenvalue weighted by Gasteiger charge is -2.26. The van der Waals surface area contributed by atoms with Crippen LogP contribution >= 0.6 is 0 Å². The number of anilines is 2. The summed E-state index contributed by atoms with van der Waals surface area (Å²) in [4.78, 5) is 24.4. The summed E-state index contributed by atoms with van der Waals surface area (Å²) < 4.78 is 10.4. The van der Waals surface area contributed by atoms with Gasteiger partial charge in [-0.1, -0.05) is 6.92 Å². The predicted octanol–water partition coefficient (Wildman–Crippen LogP) is 2.33. The third-order valence-corrected chi connectivity index (χ3v) is 3.28. The number of carbonyl (C=O) groups is 2. The zero-order valence-electron chi connectivity index (χ0n) is 14.3. The van der Waals surface area contributed by atoms with Crippen molar-refractivity contribution < 1.29 is 19.1 Å². The lowest BCUT2D eigenvalue weighted by atomic mass is 10.2. The molecule has 1 rings (SSSR count).